The summed E-state index contributed by atoms with van der Waals surface area (Å²) in [5.74, 6) is -0.340. The van der Waals surface area contributed by atoms with E-state index in [1.165, 1.54) is 6.21 Å². The molecule has 0 spiro atoms. The summed E-state index contributed by atoms with van der Waals surface area (Å²) in [4.78, 5) is 17.1. The molecule has 0 aliphatic carbocycles. The SMILES string of the molecule is C[C@@H](O/N=C\c1ccc(Br)cc1)C(=O)Nc1cccc(C#N)c1. The molecule has 0 radical (unpaired) electrons. The van der Waals surface area contributed by atoms with Gasteiger partial charge in [-0.1, -0.05) is 39.3 Å². The number of halogens is 1. The molecule has 0 aromatic heterocycles. The zero-order chi connectivity index (χ0) is 16.7. The van der Waals surface area contributed by atoms with Gasteiger partial charge in [0.05, 0.1) is 17.8 Å². The highest BCUT2D eigenvalue weighted by Crippen LogP contribution is 2.11. The number of nitrogens with one attached hydrogen (secondary N) is 1. The number of benzene rings is 2. The van der Waals surface area contributed by atoms with E-state index in [4.69, 9.17) is 10.1 Å². The van der Waals surface area contributed by atoms with Crippen LogP contribution < -0.4 is 5.32 Å². The maximum absolute atomic E-state index is 12.0. The number of anilines is 1. The van der Waals surface area contributed by atoms with Crippen molar-refractivity contribution < 1.29 is 9.63 Å². The summed E-state index contributed by atoms with van der Waals surface area (Å²) in [7, 11) is 0. The quantitative estimate of drug-likeness (QED) is 0.643. The van der Waals surface area contributed by atoms with Crippen LogP contribution >= 0.6 is 15.9 Å². The molecule has 0 heterocycles. The molecule has 5 nitrogen and oxygen atoms in total. The molecule has 116 valence electrons. The van der Waals surface area contributed by atoms with Gasteiger partial charge in [0.25, 0.3) is 5.91 Å². The first-order valence-electron chi connectivity index (χ1n) is 6.84. The highest BCUT2D eigenvalue weighted by Gasteiger charge is 2.14. The summed E-state index contributed by atoms with van der Waals surface area (Å²) in [5, 5.41) is 15.3. The van der Waals surface area contributed by atoms with Gasteiger partial charge in [0.1, 0.15) is 0 Å². The second-order valence-corrected chi connectivity index (χ2v) is 5.63. The number of oxime groups is 1. The van der Waals surface area contributed by atoms with Crippen LogP contribution in [0.1, 0.15) is 18.1 Å². The maximum atomic E-state index is 12.0. The molecule has 2 rings (SSSR count). The van der Waals surface area contributed by atoms with Gasteiger partial charge in [-0.3, -0.25) is 4.79 Å². The lowest BCUT2D eigenvalue weighted by atomic mass is 10.2. The van der Waals surface area contributed by atoms with Crippen molar-refractivity contribution in [1.29, 1.82) is 5.26 Å². The minimum absolute atomic E-state index is 0.340. The minimum atomic E-state index is -0.757. The van der Waals surface area contributed by atoms with E-state index in [2.05, 4.69) is 26.4 Å². The van der Waals surface area contributed by atoms with Gasteiger partial charge in [-0.05, 0) is 42.8 Å². The largest absolute Gasteiger partial charge is 0.383 e. The van der Waals surface area contributed by atoms with Crippen molar-refractivity contribution in [2.24, 2.45) is 5.16 Å². The van der Waals surface area contributed by atoms with Crippen LogP contribution in [0.15, 0.2) is 58.2 Å². The molecule has 1 amide bonds. The van der Waals surface area contributed by atoms with E-state index in [0.717, 1.165) is 10.0 Å². The van der Waals surface area contributed by atoms with E-state index >= 15 is 0 Å². The van der Waals surface area contributed by atoms with Crippen LogP contribution in [0.25, 0.3) is 0 Å². The Morgan fingerprint density at radius 1 is 1.35 bits per heavy atom. The third kappa shape index (κ3) is 5.24. The number of rotatable bonds is 5. The second-order valence-electron chi connectivity index (χ2n) is 4.72. The molecule has 0 aliphatic heterocycles. The molecule has 1 N–H and O–H groups in total. The molecule has 0 fully saturated rings. The smallest absolute Gasteiger partial charge is 0.267 e. The zero-order valence-corrected chi connectivity index (χ0v) is 13.9. The molecule has 0 aliphatic rings. The number of amides is 1. The van der Waals surface area contributed by atoms with Crippen molar-refractivity contribution in [3.8, 4) is 6.07 Å². The molecule has 23 heavy (non-hydrogen) atoms. The molecule has 2 aromatic rings. The number of hydrogen-bond acceptors (Lipinski definition) is 4. The van der Waals surface area contributed by atoms with Gasteiger partial charge >= 0.3 is 0 Å². The molecule has 0 saturated heterocycles. The summed E-state index contributed by atoms with van der Waals surface area (Å²) >= 11 is 3.35. The highest BCUT2D eigenvalue weighted by atomic mass is 79.9. The van der Waals surface area contributed by atoms with Crippen LogP contribution in [0.3, 0.4) is 0 Å². The van der Waals surface area contributed by atoms with Crippen LogP contribution in [0.4, 0.5) is 5.69 Å². The molecular weight excluding hydrogens is 358 g/mol. The topological polar surface area (TPSA) is 74.5 Å². The monoisotopic (exact) mass is 371 g/mol. The van der Waals surface area contributed by atoms with E-state index in [9.17, 15) is 4.79 Å². The molecular formula is C17H14BrN3O2. The van der Waals surface area contributed by atoms with Crippen LogP contribution in [0.5, 0.6) is 0 Å². The first-order valence-corrected chi connectivity index (χ1v) is 7.63. The third-order valence-corrected chi connectivity index (χ3v) is 3.45. The predicted octanol–water partition coefficient (Wildman–Crippen LogP) is 3.70. The lowest BCUT2D eigenvalue weighted by molar-refractivity contribution is -0.126. The fourth-order valence-electron chi connectivity index (χ4n) is 1.69. The van der Waals surface area contributed by atoms with E-state index in [0.29, 0.717) is 11.3 Å². The average Bonchev–Trinajstić information content (AvgIpc) is 2.56. The van der Waals surface area contributed by atoms with Gasteiger partial charge in [0.2, 0.25) is 6.10 Å². The Balaban J connectivity index is 1.89. The number of hydrogen-bond donors (Lipinski definition) is 1. The number of carbonyl (C=O) groups excluding carboxylic acids is 1. The summed E-state index contributed by atoms with van der Waals surface area (Å²) in [5.41, 5.74) is 1.88. The molecule has 0 unspecified atom stereocenters. The predicted molar refractivity (Wildman–Crippen MR) is 92.1 cm³/mol. The first kappa shape index (κ1) is 16.7. The van der Waals surface area contributed by atoms with Crippen LogP contribution in [-0.4, -0.2) is 18.2 Å². The van der Waals surface area contributed by atoms with E-state index in [1.54, 1.807) is 31.2 Å². The van der Waals surface area contributed by atoms with Gasteiger partial charge < -0.3 is 10.2 Å². The standard InChI is InChI=1S/C17H14BrN3O2/c1-12(23-20-11-13-5-7-15(18)8-6-13)17(22)21-16-4-2-3-14(9-16)10-19/h2-9,11-12H,1H3,(H,21,22)/b20-11-/t12-/m1/s1. The number of carbonyl (C=O) groups is 1. The maximum Gasteiger partial charge on any atom is 0.267 e. The van der Waals surface area contributed by atoms with Crippen LogP contribution in [-0.2, 0) is 9.63 Å². The summed E-state index contributed by atoms with van der Waals surface area (Å²) in [6, 6.07) is 16.2. The lowest BCUT2D eigenvalue weighted by Crippen LogP contribution is -2.26. The Labute approximate surface area is 142 Å². The minimum Gasteiger partial charge on any atom is -0.383 e. The van der Waals surface area contributed by atoms with Gasteiger partial charge in [0, 0.05) is 10.2 Å². The molecule has 6 heteroatoms. The molecule has 2 aromatic carbocycles. The zero-order valence-electron chi connectivity index (χ0n) is 12.4. The van der Waals surface area contributed by atoms with Crippen LogP contribution in [0.2, 0.25) is 0 Å². The second kappa shape index (κ2) is 8.11. The Morgan fingerprint density at radius 3 is 2.78 bits per heavy atom. The summed E-state index contributed by atoms with van der Waals surface area (Å²) in [6.45, 7) is 1.60. The van der Waals surface area contributed by atoms with E-state index in [1.807, 2.05) is 30.3 Å². The van der Waals surface area contributed by atoms with Gasteiger partial charge in [-0.2, -0.15) is 5.26 Å². The van der Waals surface area contributed by atoms with Crippen molar-refractivity contribution >= 4 is 33.7 Å². The Morgan fingerprint density at radius 2 is 2.09 bits per heavy atom. The summed E-state index contributed by atoms with van der Waals surface area (Å²) in [6.07, 6.45) is 0.777. The Hall–Kier alpha value is -2.65. The molecule has 0 bridgehead atoms. The van der Waals surface area contributed by atoms with Crippen molar-refractivity contribution in [2.75, 3.05) is 5.32 Å². The summed E-state index contributed by atoms with van der Waals surface area (Å²) < 4.78 is 0.975. The van der Waals surface area contributed by atoms with Crippen LogP contribution in [0, 0.1) is 11.3 Å². The van der Waals surface area contributed by atoms with Gasteiger partial charge in [0.15, 0.2) is 0 Å². The van der Waals surface area contributed by atoms with Gasteiger partial charge in [-0.15, -0.1) is 0 Å². The lowest BCUT2D eigenvalue weighted by Gasteiger charge is -2.10. The fourth-order valence-corrected chi connectivity index (χ4v) is 1.95. The van der Waals surface area contributed by atoms with E-state index < -0.39 is 6.10 Å². The normalized spacial score (nSPS) is 11.7. The van der Waals surface area contributed by atoms with Gasteiger partial charge in [-0.25, -0.2) is 0 Å². The number of nitrogens with zero attached hydrogens (tertiary/aromatic N) is 2. The Kier molecular flexibility index (Phi) is 5.89. The average molecular weight is 372 g/mol. The van der Waals surface area contributed by atoms with Crippen molar-refractivity contribution in [3.05, 3.63) is 64.1 Å². The third-order valence-electron chi connectivity index (χ3n) is 2.92. The number of nitriles is 1. The van der Waals surface area contributed by atoms with Crippen molar-refractivity contribution in [1.82, 2.24) is 0 Å². The van der Waals surface area contributed by atoms with Crippen molar-refractivity contribution in [3.63, 3.8) is 0 Å². The van der Waals surface area contributed by atoms with Crippen molar-refractivity contribution in [2.45, 2.75) is 13.0 Å². The molecule has 1 atom stereocenters. The highest BCUT2D eigenvalue weighted by molar-refractivity contribution is 9.10. The van der Waals surface area contributed by atoms with E-state index in [-0.39, 0.29) is 5.91 Å². The molecule has 0 saturated carbocycles. The first-order chi connectivity index (χ1) is 11.1. The fraction of sp³-hybridized carbons (Fsp3) is 0.118. The Bertz CT molecular complexity index is 751.